The van der Waals surface area contributed by atoms with Crippen LogP contribution in [0.3, 0.4) is 0 Å². The van der Waals surface area contributed by atoms with Gasteiger partial charge in [-0.3, -0.25) is 0 Å². The number of hydrogen-bond acceptors (Lipinski definition) is 5. The van der Waals surface area contributed by atoms with Crippen LogP contribution in [-0.4, -0.2) is 25.3 Å². The van der Waals surface area contributed by atoms with E-state index < -0.39 is 5.97 Å². The Morgan fingerprint density at radius 1 is 1.44 bits per heavy atom. The predicted octanol–water partition coefficient (Wildman–Crippen LogP) is 1.85. The lowest BCUT2D eigenvalue weighted by molar-refractivity contribution is -0.0169. The van der Waals surface area contributed by atoms with Crippen LogP contribution in [0.15, 0.2) is 16.5 Å². The quantitative estimate of drug-likeness (QED) is 0.829. The molecule has 1 aliphatic rings. The molecule has 0 radical (unpaired) electrons. The second kappa shape index (κ2) is 6.02. The Hall–Kier alpha value is -1.33. The molecule has 0 aromatic carbocycles. The van der Waals surface area contributed by atoms with E-state index in [0.717, 1.165) is 25.7 Å². The second-order valence-electron chi connectivity index (χ2n) is 4.52. The molecule has 2 unspecified atom stereocenters. The van der Waals surface area contributed by atoms with Gasteiger partial charge in [-0.15, -0.1) is 0 Å². The number of methoxy groups -OCH3 is 1. The third kappa shape index (κ3) is 3.11. The fraction of sp³-hybridized carbons (Fsp3) is 0.615. The molecule has 0 spiro atoms. The molecule has 0 aliphatic heterocycles. The third-order valence-corrected chi connectivity index (χ3v) is 3.25. The standard InChI is InChI=1S/C13H19NO4/c1-16-9-3-2-4-10(7-9)18-13(15)12-6-5-11(8-14)17-12/h5-6,9-10H,2-4,7-8,14H2,1H3. The maximum absolute atomic E-state index is 11.8. The van der Waals surface area contributed by atoms with Crippen molar-refractivity contribution in [2.75, 3.05) is 7.11 Å². The van der Waals surface area contributed by atoms with Gasteiger partial charge >= 0.3 is 5.97 Å². The average molecular weight is 253 g/mol. The van der Waals surface area contributed by atoms with Crippen LogP contribution < -0.4 is 5.73 Å². The van der Waals surface area contributed by atoms with E-state index in [9.17, 15) is 4.79 Å². The van der Waals surface area contributed by atoms with Gasteiger partial charge in [-0.25, -0.2) is 4.79 Å². The minimum atomic E-state index is -0.420. The lowest BCUT2D eigenvalue weighted by atomic mass is 9.95. The zero-order valence-electron chi connectivity index (χ0n) is 10.6. The van der Waals surface area contributed by atoms with E-state index in [4.69, 9.17) is 19.6 Å². The van der Waals surface area contributed by atoms with Crippen LogP contribution in [0.2, 0.25) is 0 Å². The number of carbonyl (C=O) groups excluding carboxylic acids is 1. The number of rotatable bonds is 4. The monoisotopic (exact) mass is 253 g/mol. The Balaban J connectivity index is 1.90. The Kier molecular flexibility index (Phi) is 4.38. The van der Waals surface area contributed by atoms with Gasteiger partial charge in [-0.2, -0.15) is 0 Å². The van der Waals surface area contributed by atoms with Gasteiger partial charge < -0.3 is 19.6 Å². The van der Waals surface area contributed by atoms with Crippen molar-refractivity contribution in [3.63, 3.8) is 0 Å². The maximum Gasteiger partial charge on any atom is 0.374 e. The van der Waals surface area contributed by atoms with Crippen LogP contribution in [0.1, 0.15) is 42.0 Å². The Bertz CT molecular complexity index is 401. The van der Waals surface area contributed by atoms with Gasteiger partial charge in [0, 0.05) is 13.5 Å². The molecule has 1 fully saturated rings. The van der Waals surface area contributed by atoms with Gasteiger partial charge in [-0.1, -0.05) is 0 Å². The van der Waals surface area contributed by atoms with Crippen molar-refractivity contribution in [3.8, 4) is 0 Å². The smallest absolute Gasteiger partial charge is 0.374 e. The molecule has 0 bridgehead atoms. The van der Waals surface area contributed by atoms with Gasteiger partial charge in [0.1, 0.15) is 11.9 Å². The SMILES string of the molecule is COC1CCCC(OC(=O)c2ccc(CN)o2)C1. The highest BCUT2D eigenvalue weighted by atomic mass is 16.6. The van der Waals surface area contributed by atoms with Crippen molar-refractivity contribution in [1.82, 2.24) is 0 Å². The summed E-state index contributed by atoms with van der Waals surface area (Å²) in [4.78, 5) is 11.8. The van der Waals surface area contributed by atoms with Gasteiger partial charge in [-0.05, 0) is 31.4 Å². The third-order valence-electron chi connectivity index (χ3n) is 3.25. The molecule has 1 aliphatic carbocycles. The van der Waals surface area contributed by atoms with Crippen molar-refractivity contribution in [2.45, 2.75) is 44.4 Å². The fourth-order valence-electron chi connectivity index (χ4n) is 2.23. The lowest BCUT2D eigenvalue weighted by Crippen LogP contribution is -2.29. The number of hydrogen-bond donors (Lipinski definition) is 1. The van der Waals surface area contributed by atoms with Crippen LogP contribution in [0.4, 0.5) is 0 Å². The number of esters is 1. The topological polar surface area (TPSA) is 74.7 Å². The highest BCUT2D eigenvalue weighted by Crippen LogP contribution is 2.24. The molecule has 2 N–H and O–H groups in total. The minimum absolute atomic E-state index is 0.0809. The molecule has 1 aromatic rings. The van der Waals surface area contributed by atoms with E-state index in [-0.39, 0.29) is 24.5 Å². The van der Waals surface area contributed by atoms with E-state index in [2.05, 4.69) is 0 Å². The van der Waals surface area contributed by atoms with Crippen LogP contribution >= 0.6 is 0 Å². The number of furan rings is 1. The van der Waals surface area contributed by atoms with Crippen LogP contribution in [0.25, 0.3) is 0 Å². The molecule has 18 heavy (non-hydrogen) atoms. The van der Waals surface area contributed by atoms with Crippen molar-refractivity contribution in [1.29, 1.82) is 0 Å². The Morgan fingerprint density at radius 2 is 2.22 bits per heavy atom. The molecule has 5 nitrogen and oxygen atoms in total. The highest BCUT2D eigenvalue weighted by Gasteiger charge is 2.26. The molecule has 2 rings (SSSR count). The average Bonchev–Trinajstić information content (AvgIpc) is 2.88. The Morgan fingerprint density at radius 3 is 2.89 bits per heavy atom. The summed E-state index contributed by atoms with van der Waals surface area (Å²) in [5.41, 5.74) is 5.42. The van der Waals surface area contributed by atoms with Crippen LogP contribution in [0.5, 0.6) is 0 Å². The van der Waals surface area contributed by atoms with E-state index in [1.807, 2.05) is 0 Å². The summed E-state index contributed by atoms with van der Waals surface area (Å²) in [6, 6.07) is 3.29. The van der Waals surface area contributed by atoms with Crippen LogP contribution in [-0.2, 0) is 16.0 Å². The number of carbonyl (C=O) groups is 1. The van der Waals surface area contributed by atoms with Gasteiger partial charge in [0.2, 0.25) is 5.76 Å². The Labute approximate surface area is 106 Å². The van der Waals surface area contributed by atoms with Gasteiger partial charge in [0.25, 0.3) is 0 Å². The summed E-state index contributed by atoms with van der Waals surface area (Å²) in [5.74, 6) is 0.381. The van der Waals surface area contributed by atoms with Crippen molar-refractivity contribution in [3.05, 3.63) is 23.7 Å². The lowest BCUT2D eigenvalue weighted by Gasteiger charge is -2.27. The maximum atomic E-state index is 11.8. The first-order valence-corrected chi connectivity index (χ1v) is 6.25. The van der Waals surface area contributed by atoms with E-state index in [0.29, 0.717) is 5.76 Å². The van der Waals surface area contributed by atoms with Crippen molar-refractivity contribution >= 4 is 5.97 Å². The van der Waals surface area contributed by atoms with Gasteiger partial charge in [0.15, 0.2) is 0 Å². The molecule has 5 heteroatoms. The fourth-order valence-corrected chi connectivity index (χ4v) is 2.23. The summed E-state index contributed by atoms with van der Waals surface area (Å²) in [6.45, 7) is 0.280. The first kappa shape index (κ1) is 13.1. The molecular weight excluding hydrogens is 234 g/mol. The summed E-state index contributed by atoms with van der Waals surface area (Å²) < 4.78 is 16.0. The summed E-state index contributed by atoms with van der Waals surface area (Å²) in [5, 5.41) is 0. The second-order valence-corrected chi connectivity index (χ2v) is 4.52. The first-order valence-electron chi connectivity index (χ1n) is 6.25. The zero-order valence-corrected chi connectivity index (χ0v) is 10.6. The molecule has 0 saturated heterocycles. The summed E-state index contributed by atoms with van der Waals surface area (Å²) >= 11 is 0. The molecule has 1 heterocycles. The van der Waals surface area contributed by atoms with Gasteiger partial charge in [0.05, 0.1) is 12.6 Å². The highest BCUT2D eigenvalue weighted by molar-refractivity contribution is 5.86. The minimum Gasteiger partial charge on any atom is -0.456 e. The van der Waals surface area contributed by atoms with Crippen molar-refractivity contribution < 1.29 is 18.7 Å². The van der Waals surface area contributed by atoms with E-state index >= 15 is 0 Å². The largest absolute Gasteiger partial charge is 0.456 e. The van der Waals surface area contributed by atoms with Crippen molar-refractivity contribution in [2.24, 2.45) is 5.73 Å². The first-order chi connectivity index (χ1) is 8.72. The summed E-state index contributed by atoms with van der Waals surface area (Å²) in [6.07, 6.45) is 3.80. The number of nitrogens with two attached hydrogens (primary N) is 1. The molecule has 2 atom stereocenters. The van der Waals surface area contributed by atoms with E-state index in [1.54, 1.807) is 19.2 Å². The zero-order chi connectivity index (χ0) is 13.0. The van der Waals surface area contributed by atoms with Crippen LogP contribution in [0, 0.1) is 0 Å². The number of ether oxygens (including phenoxy) is 2. The molecule has 1 saturated carbocycles. The molecule has 1 aromatic heterocycles. The molecule has 0 amide bonds. The predicted molar refractivity (Wildman–Crippen MR) is 65.1 cm³/mol. The summed E-state index contributed by atoms with van der Waals surface area (Å²) in [7, 11) is 1.69. The molecule has 100 valence electrons. The van der Waals surface area contributed by atoms with E-state index in [1.165, 1.54) is 0 Å². The normalized spacial score (nSPS) is 23.9. The molecular formula is C13H19NO4.